The predicted molar refractivity (Wildman–Crippen MR) is 90.9 cm³/mol. The molecule has 146 valence electrons. The zero-order chi connectivity index (χ0) is 17.9. The van der Waals surface area contributed by atoms with Gasteiger partial charge in [-0.25, -0.2) is 0 Å². The van der Waals surface area contributed by atoms with Gasteiger partial charge in [0.05, 0.1) is 49.7 Å². The number of aliphatic hydroxyl groups excluding tert-OH is 4. The van der Waals surface area contributed by atoms with Gasteiger partial charge in [-0.1, -0.05) is 12.8 Å². The quantitative estimate of drug-likeness (QED) is 0.408. The summed E-state index contributed by atoms with van der Waals surface area (Å²) < 4.78 is 12.0. The molecule has 3 heterocycles. The molecule has 0 aromatic heterocycles. The first-order valence-corrected chi connectivity index (χ1v) is 9.77. The third-order valence-corrected chi connectivity index (χ3v) is 5.96. The van der Waals surface area contributed by atoms with Gasteiger partial charge in [0.25, 0.3) is 0 Å². The van der Waals surface area contributed by atoms with Gasteiger partial charge in [0, 0.05) is 12.8 Å². The highest BCUT2D eigenvalue weighted by Crippen LogP contribution is 2.38. The summed E-state index contributed by atoms with van der Waals surface area (Å²) >= 11 is 0. The van der Waals surface area contributed by atoms with Gasteiger partial charge < -0.3 is 35.2 Å². The van der Waals surface area contributed by atoms with Crippen LogP contribution in [0.2, 0.25) is 0 Å². The molecule has 0 aromatic carbocycles. The molecule has 7 heteroatoms. The topological polar surface area (TPSA) is 111 Å². The fourth-order valence-corrected chi connectivity index (χ4v) is 4.49. The average Bonchev–Trinajstić information content (AvgIpc) is 3.17. The summed E-state index contributed by atoms with van der Waals surface area (Å²) in [5, 5.41) is 42.2. The van der Waals surface area contributed by atoms with Crippen LogP contribution >= 0.6 is 0 Å². The van der Waals surface area contributed by atoms with Crippen LogP contribution in [-0.2, 0) is 9.47 Å². The van der Waals surface area contributed by atoms with Gasteiger partial charge in [0.1, 0.15) is 0 Å². The number of ether oxygens (including phenoxy) is 2. The molecule has 7 atom stereocenters. The Morgan fingerprint density at radius 2 is 1.92 bits per heavy atom. The van der Waals surface area contributed by atoms with Gasteiger partial charge in [-0.2, -0.15) is 0 Å². The van der Waals surface area contributed by atoms with E-state index in [1.54, 1.807) is 0 Å². The number of rotatable bonds is 7. The Balaban J connectivity index is 1.35. The van der Waals surface area contributed by atoms with Crippen molar-refractivity contribution in [3.05, 3.63) is 0 Å². The van der Waals surface area contributed by atoms with Gasteiger partial charge in [0.2, 0.25) is 0 Å². The van der Waals surface area contributed by atoms with Crippen LogP contribution in [0.25, 0.3) is 0 Å². The molecule has 0 aromatic rings. The van der Waals surface area contributed by atoms with Crippen LogP contribution in [0.15, 0.2) is 0 Å². The summed E-state index contributed by atoms with van der Waals surface area (Å²) in [7, 11) is 0. The monoisotopic (exact) mass is 359 g/mol. The highest BCUT2D eigenvalue weighted by Gasteiger charge is 2.44. The van der Waals surface area contributed by atoms with Crippen LogP contribution < -0.4 is 5.32 Å². The zero-order valence-corrected chi connectivity index (χ0v) is 14.8. The van der Waals surface area contributed by atoms with E-state index in [1.807, 2.05) is 0 Å². The van der Waals surface area contributed by atoms with Crippen molar-refractivity contribution in [2.75, 3.05) is 13.2 Å². The lowest BCUT2D eigenvalue weighted by Crippen LogP contribution is -2.44. The van der Waals surface area contributed by atoms with E-state index < -0.39 is 30.4 Å². The molecule has 1 spiro atoms. The second kappa shape index (κ2) is 8.61. The molecule has 0 radical (unpaired) electrons. The average molecular weight is 359 g/mol. The van der Waals surface area contributed by atoms with Gasteiger partial charge in [-0.15, -0.1) is 0 Å². The van der Waals surface area contributed by atoms with Crippen LogP contribution in [0.3, 0.4) is 0 Å². The summed E-state index contributed by atoms with van der Waals surface area (Å²) in [4.78, 5) is 0. The smallest absolute Gasteiger partial charge is 0.168 e. The molecule has 0 saturated carbocycles. The highest BCUT2D eigenvalue weighted by molar-refractivity contribution is 5.00. The van der Waals surface area contributed by atoms with Crippen molar-refractivity contribution >= 4 is 0 Å². The van der Waals surface area contributed by atoms with E-state index in [2.05, 4.69) is 5.32 Å². The predicted octanol–water partition coefficient (Wildman–Crippen LogP) is 0.0380. The molecule has 3 aliphatic heterocycles. The maximum absolute atomic E-state index is 10.3. The van der Waals surface area contributed by atoms with Gasteiger partial charge >= 0.3 is 0 Å². The van der Waals surface area contributed by atoms with E-state index in [4.69, 9.17) is 14.6 Å². The number of hydrogen-bond donors (Lipinski definition) is 5. The van der Waals surface area contributed by atoms with E-state index in [-0.39, 0.29) is 18.5 Å². The van der Waals surface area contributed by atoms with Crippen LogP contribution in [0.4, 0.5) is 0 Å². The van der Waals surface area contributed by atoms with Crippen molar-refractivity contribution in [1.29, 1.82) is 0 Å². The Labute approximate surface area is 149 Å². The molecule has 0 unspecified atom stereocenters. The summed E-state index contributed by atoms with van der Waals surface area (Å²) in [6.07, 6.45) is 6.00. The third kappa shape index (κ3) is 4.53. The molecule has 25 heavy (non-hydrogen) atoms. The number of nitrogens with one attached hydrogen (secondary N) is 1. The third-order valence-electron chi connectivity index (χ3n) is 5.96. The van der Waals surface area contributed by atoms with E-state index in [1.165, 1.54) is 0 Å². The lowest BCUT2D eigenvalue weighted by molar-refractivity contribution is -0.258. The molecule has 3 fully saturated rings. The maximum atomic E-state index is 10.3. The summed E-state index contributed by atoms with van der Waals surface area (Å²) in [5.74, 6) is -0.324. The molecule has 0 bridgehead atoms. The van der Waals surface area contributed by atoms with Crippen LogP contribution in [0, 0.1) is 0 Å². The lowest BCUT2D eigenvalue weighted by Gasteiger charge is -2.37. The van der Waals surface area contributed by atoms with E-state index >= 15 is 0 Å². The molecular formula is C18H33NO6. The summed E-state index contributed by atoms with van der Waals surface area (Å²) in [6.45, 7) is 0.542. The SMILES string of the molecule is OC[C@H]1N[C@H]([C@@H](O)CCCC[C@H]2CCC[C@@]3(CCCO3)O2)[C@@H](O)[C@@H]1O. The maximum Gasteiger partial charge on any atom is 0.168 e. The second-order valence-corrected chi connectivity index (χ2v) is 7.81. The Bertz CT molecular complexity index is 416. The minimum absolute atomic E-state index is 0.236. The standard InChI is InChI=1S/C18H33NO6/c20-11-13-16(22)17(23)15(19-13)14(21)7-2-1-5-12-6-3-8-18(25-12)9-4-10-24-18/h12-17,19-23H,1-11H2/t12-,13+,14-,15+,16+,17+,18-/m0/s1. The largest absolute Gasteiger partial charge is 0.395 e. The number of aliphatic hydroxyl groups is 4. The molecular weight excluding hydrogens is 326 g/mol. The number of hydrogen-bond acceptors (Lipinski definition) is 7. The van der Waals surface area contributed by atoms with Gasteiger partial charge in [-0.3, -0.25) is 0 Å². The van der Waals surface area contributed by atoms with Crippen molar-refractivity contribution in [3.63, 3.8) is 0 Å². The Morgan fingerprint density at radius 1 is 1.12 bits per heavy atom. The van der Waals surface area contributed by atoms with Crippen molar-refractivity contribution in [2.45, 2.75) is 100 Å². The summed E-state index contributed by atoms with van der Waals surface area (Å²) in [5.41, 5.74) is 0. The van der Waals surface area contributed by atoms with Crippen molar-refractivity contribution in [3.8, 4) is 0 Å². The van der Waals surface area contributed by atoms with Crippen molar-refractivity contribution in [2.24, 2.45) is 0 Å². The molecule has 0 amide bonds. The van der Waals surface area contributed by atoms with Crippen LogP contribution in [-0.4, -0.2) is 75.9 Å². The van der Waals surface area contributed by atoms with E-state index in [9.17, 15) is 15.3 Å². The normalized spacial score (nSPS) is 43.0. The highest BCUT2D eigenvalue weighted by atomic mass is 16.7. The van der Waals surface area contributed by atoms with Gasteiger partial charge in [-0.05, 0) is 32.1 Å². The lowest BCUT2D eigenvalue weighted by atomic mass is 9.95. The first-order valence-electron chi connectivity index (χ1n) is 9.77. The molecule has 7 nitrogen and oxygen atoms in total. The van der Waals surface area contributed by atoms with E-state index in [0.29, 0.717) is 6.42 Å². The van der Waals surface area contributed by atoms with Crippen molar-refractivity contribution in [1.82, 2.24) is 5.32 Å². The fourth-order valence-electron chi connectivity index (χ4n) is 4.49. The van der Waals surface area contributed by atoms with Crippen LogP contribution in [0.1, 0.15) is 57.8 Å². The van der Waals surface area contributed by atoms with Gasteiger partial charge in [0.15, 0.2) is 5.79 Å². The minimum Gasteiger partial charge on any atom is -0.395 e. The van der Waals surface area contributed by atoms with Crippen LogP contribution in [0.5, 0.6) is 0 Å². The first kappa shape index (κ1) is 19.5. The molecule has 3 rings (SSSR count). The fraction of sp³-hybridized carbons (Fsp3) is 1.00. The molecule has 5 N–H and O–H groups in total. The summed E-state index contributed by atoms with van der Waals surface area (Å²) in [6, 6.07) is -1.17. The molecule has 3 saturated heterocycles. The first-order chi connectivity index (χ1) is 12.0. The molecule has 0 aliphatic carbocycles. The van der Waals surface area contributed by atoms with E-state index in [0.717, 1.165) is 58.0 Å². The minimum atomic E-state index is -1.05. The Morgan fingerprint density at radius 3 is 2.60 bits per heavy atom. The molecule has 3 aliphatic rings. The number of unbranched alkanes of at least 4 members (excludes halogenated alkanes) is 1. The Kier molecular flexibility index (Phi) is 6.71. The zero-order valence-electron chi connectivity index (χ0n) is 14.8. The second-order valence-electron chi connectivity index (χ2n) is 7.81. The Hall–Kier alpha value is -0.280. The van der Waals surface area contributed by atoms with Crippen molar-refractivity contribution < 1.29 is 29.9 Å².